The van der Waals surface area contributed by atoms with Crippen LogP contribution in [0.15, 0.2) is 84.9 Å². The van der Waals surface area contributed by atoms with E-state index >= 15 is 0 Å². The topological polar surface area (TPSA) is 0 Å². The van der Waals surface area contributed by atoms with Crippen LogP contribution in [0.25, 0.3) is 43.8 Å². The normalized spacial score (nSPS) is 11.9. The van der Waals surface area contributed by atoms with Crippen molar-refractivity contribution in [1.82, 2.24) is 0 Å². The third-order valence-electron chi connectivity index (χ3n) is 9.66. The van der Waals surface area contributed by atoms with Crippen LogP contribution in [0.4, 0.5) is 52.7 Å². The summed E-state index contributed by atoms with van der Waals surface area (Å²) >= 11 is -0.826. The van der Waals surface area contributed by atoms with Gasteiger partial charge < -0.3 is 0 Å². The van der Waals surface area contributed by atoms with Gasteiger partial charge in [0.25, 0.3) is 0 Å². The summed E-state index contributed by atoms with van der Waals surface area (Å²) < 4.78 is 159. The van der Waals surface area contributed by atoms with Gasteiger partial charge >= 0.3 is 62.6 Å². The molecule has 6 rings (SSSR count). The molecule has 0 atom stereocenters. The molecule has 2 radical (unpaired) electrons. The van der Waals surface area contributed by atoms with E-state index in [2.05, 4.69) is 13.1 Å². The Balaban J connectivity index is 0.000000293. The Morgan fingerprint density at radius 2 is 0.758 bits per heavy atom. The van der Waals surface area contributed by atoms with Crippen LogP contribution in [0.2, 0.25) is 13.1 Å². The first-order chi connectivity index (χ1) is 28.9. The monoisotopic (exact) mass is 1010 g/mol. The van der Waals surface area contributed by atoms with Gasteiger partial charge in [-0.3, -0.25) is 0 Å². The molecule has 0 spiro atoms. The zero-order valence-corrected chi connectivity index (χ0v) is 39.6. The van der Waals surface area contributed by atoms with E-state index in [1.807, 2.05) is 64.1 Å². The molecule has 0 amide bonds. The summed E-state index contributed by atoms with van der Waals surface area (Å²) in [5, 5.41) is 3.02. The predicted molar refractivity (Wildman–Crippen MR) is 226 cm³/mol. The Bertz CT molecular complexity index is 2140. The van der Waals surface area contributed by atoms with Crippen molar-refractivity contribution in [3.63, 3.8) is 0 Å². The molecule has 0 nitrogen and oxygen atoms in total. The van der Waals surface area contributed by atoms with Gasteiger partial charge in [0.2, 0.25) is 0 Å². The number of fused-ring (bicyclic) bond motifs is 2. The summed E-state index contributed by atoms with van der Waals surface area (Å²) in [6.45, 7) is 12.0. The van der Waals surface area contributed by atoms with Crippen molar-refractivity contribution in [2.24, 2.45) is 0 Å². The van der Waals surface area contributed by atoms with Crippen molar-refractivity contribution in [2.45, 2.75) is 104 Å². The maximum absolute atomic E-state index is 13.3. The van der Waals surface area contributed by atoms with E-state index in [0.717, 1.165) is 81.4 Å². The van der Waals surface area contributed by atoms with E-state index in [0.29, 0.717) is 45.9 Å². The number of halogens is 14. The van der Waals surface area contributed by atoms with Crippen LogP contribution in [0.5, 0.6) is 0 Å². The van der Waals surface area contributed by atoms with Crippen LogP contribution in [-0.4, -0.2) is 9.52 Å². The van der Waals surface area contributed by atoms with Crippen LogP contribution in [0.3, 0.4) is 0 Å². The summed E-state index contributed by atoms with van der Waals surface area (Å²) in [6.07, 6.45) is -15.1. The first kappa shape index (κ1) is 53.3. The SMILES string of the molecule is CCCc1cc2c(-c3cc(C(F)(F)F)cc(C(F)(F)F)c3)c(CC)ccc2[cH-]1.CCCc1cc2c(-c3cc(C(F)(F)F)cc(C(F)(F)F)c3)c(CC)ccc2[cH-]1.C[Si]C.[Cl][Zr+2][Cl]. The quantitative estimate of drug-likeness (QED) is 0.0810. The third-order valence-corrected chi connectivity index (χ3v) is 9.66. The van der Waals surface area contributed by atoms with Crippen LogP contribution in [0, 0.1) is 0 Å². The molecule has 334 valence electrons. The molecule has 0 aromatic heterocycles. The van der Waals surface area contributed by atoms with E-state index in [-0.39, 0.29) is 23.3 Å². The summed E-state index contributed by atoms with van der Waals surface area (Å²) in [7, 11) is 11.0. The van der Waals surface area contributed by atoms with E-state index in [4.69, 9.17) is 17.0 Å². The molecule has 0 aliphatic heterocycles. The zero-order chi connectivity index (χ0) is 46.8. The van der Waals surface area contributed by atoms with Gasteiger partial charge in [-0.2, -0.15) is 64.8 Å². The van der Waals surface area contributed by atoms with Crippen LogP contribution in [0.1, 0.15) is 85.0 Å². The minimum absolute atomic E-state index is 0.0572. The minimum atomic E-state index is -4.87. The molecule has 16 heteroatoms. The van der Waals surface area contributed by atoms with Gasteiger partial charge in [0.1, 0.15) is 0 Å². The number of hydrogen-bond acceptors (Lipinski definition) is 0. The van der Waals surface area contributed by atoms with Gasteiger partial charge in [-0.1, -0.05) is 75.9 Å². The van der Waals surface area contributed by atoms with Crippen LogP contribution < -0.4 is 0 Å². The molecule has 0 fully saturated rings. The Kier molecular flexibility index (Phi) is 19.5. The summed E-state index contributed by atoms with van der Waals surface area (Å²) in [5.74, 6) is 0. The van der Waals surface area contributed by atoms with E-state index < -0.39 is 67.8 Å². The van der Waals surface area contributed by atoms with Gasteiger partial charge in [0.05, 0.1) is 22.3 Å². The van der Waals surface area contributed by atoms with Crippen molar-refractivity contribution < 1.29 is 73.5 Å². The fourth-order valence-corrected chi connectivity index (χ4v) is 7.11. The van der Waals surface area contributed by atoms with Crippen molar-refractivity contribution in [3.05, 3.63) is 129 Å². The average Bonchev–Trinajstić information content (AvgIpc) is 3.80. The Hall–Kier alpha value is -3.06. The first-order valence-corrected chi connectivity index (χ1v) is 27.8. The molecular formula is C46H44Cl2F12SiZr. The molecule has 0 saturated heterocycles. The van der Waals surface area contributed by atoms with E-state index in [9.17, 15) is 52.7 Å². The third kappa shape index (κ3) is 14.0. The van der Waals surface area contributed by atoms with Crippen LogP contribution in [-0.2, 0) is 71.2 Å². The van der Waals surface area contributed by atoms with Crippen molar-refractivity contribution in [3.8, 4) is 22.3 Å². The zero-order valence-electron chi connectivity index (χ0n) is 34.6. The summed E-state index contributed by atoms with van der Waals surface area (Å²) in [4.78, 5) is 0. The Morgan fingerprint density at radius 1 is 0.484 bits per heavy atom. The maximum atomic E-state index is 13.3. The Labute approximate surface area is 375 Å². The average molecular weight is 1020 g/mol. The van der Waals surface area contributed by atoms with Crippen LogP contribution >= 0.6 is 17.0 Å². The fraction of sp³-hybridized carbons (Fsp3) is 0.348. The molecule has 0 N–H and O–H groups in total. The van der Waals surface area contributed by atoms with Gasteiger partial charge in [0.15, 0.2) is 0 Å². The number of hydrogen-bond donors (Lipinski definition) is 0. The molecule has 0 saturated carbocycles. The molecular weight excluding hydrogens is 971 g/mol. The molecule has 0 unspecified atom stereocenters. The number of benzene rings is 4. The standard InChI is InChI=1S/2C22H19F6.C2H6Si.2ClH.Zr/c2*1-3-5-13-8-15-7-6-14(4-2)20(19(15)9-13)16-10-17(21(23,24)25)12-18(11-16)22(26,27)28;1-3-2;;;/h2*6-12H,3-5H2,1-2H3;1-2H3;2*1H;/q2*-1;;;;+4/p-2. The molecule has 0 aliphatic carbocycles. The molecule has 6 aromatic carbocycles. The van der Waals surface area contributed by atoms with Gasteiger partial charge in [-0.15, -0.1) is 69.1 Å². The molecule has 0 heterocycles. The predicted octanol–water partition coefficient (Wildman–Crippen LogP) is 17.7. The Morgan fingerprint density at radius 3 is 0.984 bits per heavy atom. The fourth-order valence-electron chi connectivity index (χ4n) is 7.11. The molecule has 62 heavy (non-hydrogen) atoms. The van der Waals surface area contributed by atoms with Crippen molar-refractivity contribution in [2.75, 3.05) is 0 Å². The van der Waals surface area contributed by atoms with Crippen molar-refractivity contribution in [1.29, 1.82) is 0 Å². The van der Waals surface area contributed by atoms with Gasteiger partial charge in [-0.25, -0.2) is 0 Å². The number of alkyl halides is 12. The van der Waals surface area contributed by atoms with Gasteiger partial charge in [0, 0.05) is 9.52 Å². The van der Waals surface area contributed by atoms with E-state index in [1.54, 1.807) is 12.1 Å². The number of rotatable bonds is 8. The molecule has 0 aliphatic rings. The molecule has 6 aromatic rings. The number of aryl methyl sites for hydroxylation is 4. The van der Waals surface area contributed by atoms with Gasteiger partial charge in [-0.05, 0) is 73.2 Å². The first-order valence-electron chi connectivity index (χ1n) is 19.5. The molecule has 0 bridgehead atoms. The van der Waals surface area contributed by atoms with Crippen molar-refractivity contribution >= 4 is 48.1 Å². The second-order valence-electron chi connectivity index (χ2n) is 14.3. The summed E-state index contributed by atoms with van der Waals surface area (Å²) in [5.41, 5.74) is -0.927. The summed E-state index contributed by atoms with van der Waals surface area (Å²) in [6, 6.07) is 18.5. The van der Waals surface area contributed by atoms with E-state index in [1.165, 1.54) is 0 Å². The second-order valence-corrected chi connectivity index (χ2v) is 19.0. The second kappa shape index (κ2) is 22.7.